The van der Waals surface area contributed by atoms with Gasteiger partial charge in [0, 0.05) is 19.7 Å². The zero-order chi connectivity index (χ0) is 20.3. The van der Waals surface area contributed by atoms with Crippen molar-refractivity contribution in [3.8, 4) is 5.75 Å². The molecule has 0 unspecified atom stereocenters. The molecule has 1 aliphatic rings. The van der Waals surface area contributed by atoms with E-state index in [1.165, 1.54) is 26.2 Å². The Hall–Kier alpha value is -2.97. The zero-order valence-corrected chi connectivity index (χ0v) is 16.6. The fraction of sp³-hybridized carbons (Fsp3) is 0.200. The molecule has 0 amide bonds. The second-order valence-electron chi connectivity index (χ2n) is 6.15. The summed E-state index contributed by atoms with van der Waals surface area (Å²) in [7, 11) is -0.700. The summed E-state index contributed by atoms with van der Waals surface area (Å²) in [6.45, 7) is 2.47. The number of aliphatic imine (C=N–C) groups is 1. The van der Waals surface area contributed by atoms with Gasteiger partial charge in [-0.15, -0.1) is 0 Å². The minimum absolute atomic E-state index is 0.0676. The SMILES string of the molecule is CCOc1ccc(/C=C2/N=C(c3cccc(S(=O)(=O)N(C)C)c3)OC2=O)cc1. The molecular formula is C20H20N2O5S. The van der Waals surface area contributed by atoms with Crippen molar-refractivity contribution in [3.05, 3.63) is 65.4 Å². The van der Waals surface area contributed by atoms with E-state index in [2.05, 4.69) is 4.99 Å². The number of nitrogens with zero attached hydrogens (tertiary/aromatic N) is 2. The summed E-state index contributed by atoms with van der Waals surface area (Å²) in [5, 5.41) is 0. The van der Waals surface area contributed by atoms with Gasteiger partial charge in [0.05, 0.1) is 11.5 Å². The van der Waals surface area contributed by atoms with Crippen LogP contribution < -0.4 is 4.74 Å². The lowest BCUT2D eigenvalue weighted by Gasteiger charge is -2.11. The Labute approximate surface area is 164 Å². The molecule has 2 aromatic carbocycles. The van der Waals surface area contributed by atoms with Gasteiger partial charge in [-0.25, -0.2) is 22.5 Å². The molecule has 0 bridgehead atoms. The number of rotatable bonds is 6. The zero-order valence-electron chi connectivity index (χ0n) is 15.7. The van der Waals surface area contributed by atoms with E-state index in [1.807, 2.05) is 19.1 Å². The first-order valence-electron chi connectivity index (χ1n) is 8.59. The maximum Gasteiger partial charge on any atom is 0.363 e. The number of esters is 1. The molecule has 0 aliphatic carbocycles. The quantitative estimate of drug-likeness (QED) is 0.550. The molecule has 3 rings (SSSR count). The molecule has 2 aromatic rings. The molecule has 28 heavy (non-hydrogen) atoms. The van der Waals surface area contributed by atoms with Gasteiger partial charge in [0.1, 0.15) is 5.75 Å². The molecule has 0 atom stereocenters. The van der Waals surface area contributed by atoms with Crippen LogP contribution in [0.25, 0.3) is 6.08 Å². The van der Waals surface area contributed by atoms with E-state index < -0.39 is 16.0 Å². The van der Waals surface area contributed by atoms with E-state index in [0.29, 0.717) is 12.2 Å². The van der Waals surface area contributed by atoms with Crippen LogP contribution >= 0.6 is 0 Å². The van der Waals surface area contributed by atoms with Crippen LogP contribution in [0.2, 0.25) is 0 Å². The normalized spacial score (nSPS) is 15.6. The summed E-state index contributed by atoms with van der Waals surface area (Å²) in [5.41, 5.74) is 1.32. The Bertz CT molecular complexity index is 1050. The van der Waals surface area contributed by atoms with Crippen molar-refractivity contribution < 1.29 is 22.7 Å². The van der Waals surface area contributed by atoms with Crippen molar-refractivity contribution >= 4 is 28.0 Å². The van der Waals surface area contributed by atoms with Crippen molar-refractivity contribution in [2.24, 2.45) is 4.99 Å². The van der Waals surface area contributed by atoms with Gasteiger partial charge in [0.2, 0.25) is 15.9 Å². The van der Waals surface area contributed by atoms with E-state index in [0.717, 1.165) is 15.6 Å². The number of cyclic esters (lactones) is 1. The van der Waals surface area contributed by atoms with Crippen molar-refractivity contribution in [1.82, 2.24) is 4.31 Å². The molecule has 0 spiro atoms. The third-order valence-electron chi connectivity index (χ3n) is 3.97. The topological polar surface area (TPSA) is 85.3 Å². The predicted octanol–water partition coefficient (Wildman–Crippen LogP) is 2.68. The Balaban J connectivity index is 1.90. The summed E-state index contributed by atoms with van der Waals surface area (Å²) < 4.78 is 36.3. The second kappa shape index (κ2) is 7.95. The first kappa shape index (κ1) is 19.8. The number of hydrogen-bond donors (Lipinski definition) is 0. The fourth-order valence-corrected chi connectivity index (χ4v) is 3.47. The Morgan fingerprint density at radius 1 is 1.14 bits per heavy atom. The molecule has 7 nitrogen and oxygen atoms in total. The average molecular weight is 400 g/mol. The first-order valence-corrected chi connectivity index (χ1v) is 10.0. The van der Waals surface area contributed by atoms with Crippen LogP contribution in [-0.4, -0.2) is 45.3 Å². The van der Waals surface area contributed by atoms with Gasteiger partial charge in [-0.2, -0.15) is 0 Å². The molecule has 0 aromatic heterocycles. The Morgan fingerprint density at radius 2 is 1.86 bits per heavy atom. The van der Waals surface area contributed by atoms with Crippen LogP contribution in [0.1, 0.15) is 18.1 Å². The minimum atomic E-state index is -3.60. The van der Waals surface area contributed by atoms with E-state index in [4.69, 9.17) is 9.47 Å². The third-order valence-corrected chi connectivity index (χ3v) is 5.79. The lowest BCUT2D eigenvalue weighted by molar-refractivity contribution is -0.129. The van der Waals surface area contributed by atoms with Gasteiger partial charge >= 0.3 is 5.97 Å². The van der Waals surface area contributed by atoms with Gasteiger partial charge < -0.3 is 9.47 Å². The van der Waals surface area contributed by atoms with Crippen LogP contribution in [0.15, 0.2) is 64.1 Å². The van der Waals surface area contributed by atoms with Crippen LogP contribution in [0.5, 0.6) is 5.75 Å². The summed E-state index contributed by atoms with van der Waals surface area (Å²) in [5.74, 6) is 0.213. The largest absolute Gasteiger partial charge is 0.494 e. The predicted molar refractivity (Wildman–Crippen MR) is 106 cm³/mol. The number of carbonyl (C=O) groups is 1. The highest BCUT2D eigenvalue weighted by Crippen LogP contribution is 2.22. The molecule has 0 saturated heterocycles. The van der Waals surface area contributed by atoms with Gasteiger partial charge in [0.25, 0.3) is 0 Å². The van der Waals surface area contributed by atoms with Gasteiger partial charge in [-0.1, -0.05) is 18.2 Å². The van der Waals surface area contributed by atoms with Crippen molar-refractivity contribution in [3.63, 3.8) is 0 Å². The number of ether oxygens (including phenoxy) is 2. The van der Waals surface area contributed by atoms with Gasteiger partial charge in [-0.3, -0.25) is 0 Å². The van der Waals surface area contributed by atoms with Crippen molar-refractivity contribution in [1.29, 1.82) is 0 Å². The lowest BCUT2D eigenvalue weighted by atomic mass is 10.2. The highest BCUT2D eigenvalue weighted by atomic mass is 32.2. The van der Waals surface area contributed by atoms with Crippen molar-refractivity contribution in [2.45, 2.75) is 11.8 Å². The van der Waals surface area contributed by atoms with Crippen molar-refractivity contribution in [2.75, 3.05) is 20.7 Å². The molecular weight excluding hydrogens is 380 g/mol. The van der Waals surface area contributed by atoms with E-state index in [1.54, 1.807) is 30.3 Å². The summed E-state index contributed by atoms with van der Waals surface area (Å²) >= 11 is 0. The molecule has 1 heterocycles. The van der Waals surface area contributed by atoms with Gasteiger partial charge in [-0.05, 0) is 48.9 Å². The van der Waals surface area contributed by atoms with Crippen LogP contribution in [-0.2, 0) is 19.6 Å². The molecule has 0 fully saturated rings. The second-order valence-corrected chi connectivity index (χ2v) is 8.31. The first-order chi connectivity index (χ1) is 13.3. The number of sulfonamides is 1. The molecule has 8 heteroatoms. The van der Waals surface area contributed by atoms with E-state index in [9.17, 15) is 13.2 Å². The van der Waals surface area contributed by atoms with Crippen LogP contribution in [0.3, 0.4) is 0 Å². The maximum atomic E-state index is 12.3. The lowest BCUT2D eigenvalue weighted by Crippen LogP contribution is -2.22. The van der Waals surface area contributed by atoms with Crippen LogP contribution in [0, 0.1) is 0 Å². The smallest absolute Gasteiger partial charge is 0.363 e. The molecule has 0 radical (unpaired) electrons. The monoisotopic (exact) mass is 400 g/mol. The Morgan fingerprint density at radius 3 is 2.50 bits per heavy atom. The van der Waals surface area contributed by atoms with Crippen LogP contribution in [0.4, 0.5) is 0 Å². The maximum absolute atomic E-state index is 12.3. The molecule has 1 aliphatic heterocycles. The summed E-state index contributed by atoms with van der Waals surface area (Å²) in [6, 6.07) is 13.4. The summed E-state index contributed by atoms with van der Waals surface area (Å²) in [6.07, 6.45) is 1.60. The van der Waals surface area contributed by atoms with E-state index >= 15 is 0 Å². The fourth-order valence-electron chi connectivity index (χ4n) is 2.52. The number of carbonyl (C=O) groups excluding carboxylic acids is 1. The molecule has 0 saturated carbocycles. The van der Waals surface area contributed by atoms with Gasteiger partial charge in [0.15, 0.2) is 5.70 Å². The Kier molecular flexibility index (Phi) is 5.62. The average Bonchev–Trinajstić information content (AvgIpc) is 3.04. The highest BCUT2D eigenvalue weighted by molar-refractivity contribution is 7.89. The molecule has 0 N–H and O–H groups in total. The highest BCUT2D eigenvalue weighted by Gasteiger charge is 2.26. The number of hydrogen-bond acceptors (Lipinski definition) is 6. The number of benzene rings is 2. The molecule has 146 valence electrons. The summed E-state index contributed by atoms with van der Waals surface area (Å²) in [4.78, 5) is 16.5. The van der Waals surface area contributed by atoms with E-state index in [-0.39, 0.29) is 16.5 Å². The third kappa shape index (κ3) is 4.13. The minimum Gasteiger partial charge on any atom is -0.494 e. The standard InChI is InChI=1S/C20H20N2O5S/c1-4-26-16-10-8-14(9-11-16)12-18-20(23)27-19(21-18)15-6-5-7-17(13-15)28(24,25)22(2)3/h5-13H,4H2,1-3H3/b18-12+.